The number of nitrogens with one attached hydrogen (secondary N) is 1. The summed E-state index contributed by atoms with van der Waals surface area (Å²) in [6.45, 7) is 0.316. The fraction of sp³-hybridized carbons (Fsp3) is 0.172. The number of benzene rings is 3. The first kappa shape index (κ1) is 24.6. The van der Waals surface area contributed by atoms with Crippen LogP contribution in [0.1, 0.15) is 17.0 Å². The van der Waals surface area contributed by atoms with E-state index in [4.69, 9.17) is 16.6 Å². The van der Waals surface area contributed by atoms with E-state index in [-0.39, 0.29) is 11.8 Å². The maximum absolute atomic E-state index is 13.2. The fourth-order valence-electron chi connectivity index (χ4n) is 4.44. The van der Waals surface area contributed by atoms with E-state index in [0.717, 1.165) is 27.7 Å². The number of likely N-dealkylation sites (N-methyl/N-ethyl adjacent to an activating group) is 2. The largest absolute Gasteiger partial charge is 0.325 e. The molecule has 3 aromatic carbocycles. The third-order valence-electron chi connectivity index (χ3n) is 6.33. The molecular weight excluding hydrogens is 486 g/mol. The van der Waals surface area contributed by atoms with Crippen molar-refractivity contribution in [2.45, 2.75) is 5.92 Å². The first-order valence-electron chi connectivity index (χ1n) is 11.9. The van der Waals surface area contributed by atoms with Crippen LogP contribution in [-0.2, 0) is 9.59 Å². The molecule has 0 fully saturated rings. The molecule has 0 aliphatic carbocycles. The minimum atomic E-state index is -0.613. The first-order chi connectivity index (χ1) is 17.8. The van der Waals surface area contributed by atoms with Gasteiger partial charge in [0.15, 0.2) is 0 Å². The second-order valence-electron chi connectivity index (χ2n) is 9.27. The Bertz CT molecular complexity index is 1530. The second kappa shape index (κ2) is 10.1. The SMILES string of the molecule is CN(C)CC(=O)N(C)c1ccc(N=C(c2ccc3cccnc3c2)C2C(=O)Nc3cc(Cl)ccc32)cc1. The molecule has 0 saturated carbocycles. The van der Waals surface area contributed by atoms with E-state index in [1.165, 1.54) is 0 Å². The lowest BCUT2D eigenvalue weighted by Crippen LogP contribution is -2.34. The summed E-state index contributed by atoms with van der Waals surface area (Å²) in [7, 11) is 5.47. The van der Waals surface area contributed by atoms with Crippen LogP contribution >= 0.6 is 11.6 Å². The molecule has 1 aliphatic heterocycles. The van der Waals surface area contributed by atoms with Gasteiger partial charge in [-0.05, 0) is 73.8 Å². The molecule has 1 aromatic heterocycles. The van der Waals surface area contributed by atoms with Gasteiger partial charge >= 0.3 is 0 Å². The Morgan fingerprint density at radius 1 is 1.03 bits per heavy atom. The van der Waals surface area contributed by atoms with Gasteiger partial charge in [0.2, 0.25) is 11.8 Å². The topological polar surface area (TPSA) is 77.9 Å². The van der Waals surface area contributed by atoms with Crippen molar-refractivity contribution in [2.75, 3.05) is 37.9 Å². The second-order valence-corrected chi connectivity index (χ2v) is 9.71. The number of amides is 2. The zero-order valence-electron chi connectivity index (χ0n) is 20.8. The highest BCUT2D eigenvalue weighted by Crippen LogP contribution is 2.38. The monoisotopic (exact) mass is 511 g/mol. The molecule has 4 aromatic rings. The Morgan fingerprint density at radius 2 is 1.81 bits per heavy atom. The van der Waals surface area contributed by atoms with Gasteiger partial charge < -0.3 is 15.1 Å². The van der Waals surface area contributed by atoms with Crippen LogP contribution in [0.2, 0.25) is 5.02 Å². The lowest BCUT2D eigenvalue weighted by atomic mass is 9.90. The van der Waals surface area contributed by atoms with Gasteiger partial charge in [-0.25, -0.2) is 0 Å². The van der Waals surface area contributed by atoms with Crippen molar-refractivity contribution in [3.63, 3.8) is 0 Å². The van der Waals surface area contributed by atoms with Crippen molar-refractivity contribution in [2.24, 2.45) is 4.99 Å². The quantitative estimate of drug-likeness (QED) is 0.358. The normalized spacial score (nSPS) is 15.1. The van der Waals surface area contributed by atoms with Crippen LogP contribution in [0.25, 0.3) is 10.9 Å². The average Bonchev–Trinajstić information content (AvgIpc) is 3.21. The number of pyridine rings is 1. The van der Waals surface area contributed by atoms with Crippen molar-refractivity contribution in [1.82, 2.24) is 9.88 Å². The van der Waals surface area contributed by atoms with Gasteiger partial charge in [-0.1, -0.05) is 35.9 Å². The number of aliphatic imine (C=N–C) groups is 1. The van der Waals surface area contributed by atoms with Crippen LogP contribution in [0.3, 0.4) is 0 Å². The van der Waals surface area contributed by atoms with Crippen LogP contribution in [-0.4, -0.2) is 55.1 Å². The molecule has 0 saturated heterocycles. The van der Waals surface area contributed by atoms with Crippen molar-refractivity contribution in [3.8, 4) is 0 Å². The van der Waals surface area contributed by atoms with E-state index >= 15 is 0 Å². The number of nitrogens with zero attached hydrogens (tertiary/aromatic N) is 4. The number of carbonyl (C=O) groups excluding carboxylic acids is 2. The van der Waals surface area contributed by atoms with Crippen LogP contribution in [0.5, 0.6) is 0 Å². The minimum Gasteiger partial charge on any atom is -0.325 e. The third kappa shape index (κ3) is 5.09. The molecule has 37 heavy (non-hydrogen) atoms. The number of rotatable bonds is 6. The third-order valence-corrected chi connectivity index (χ3v) is 6.57. The minimum absolute atomic E-state index is 0.0106. The van der Waals surface area contributed by atoms with Gasteiger partial charge in [0.05, 0.1) is 23.5 Å². The fourth-order valence-corrected chi connectivity index (χ4v) is 4.61. The van der Waals surface area contributed by atoms with Gasteiger partial charge in [-0.2, -0.15) is 0 Å². The van der Waals surface area contributed by atoms with Gasteiger partial charge in [-0.3, -0.25) is 19.6 Å². The summed E-state index contributed by atoms with van der Waals surface area (Å²) in [6, 6.07) is 22.6. The summed E-state index contributed by atoms with van der Waals surface area (Å²) < 4.78 is 0. The number of carbonyl (C=O) groups is 2. The van der Waals surface area contributed by atoms with E-state index in [0.29, 0.717) is 28.7 Å². The van der Waals surface area contributed by atoms with Crippen LogP contribution in [0, 0.1) is 0 Å². The highest BCUT2D eigenvalue weighted by molar-refractivity contribution is 6.31. The van der Waals surface area contributed by atoms with E-state index < -0.39 is 5.92 Å². The number of anilines is 2. The Kier molecular flexibility index (Phi) is 6.74. The summed E-state index contributed by atoms with van der Waals surface area (Å²) in [5.41, 5.74) is 5.17. The van der Waals surface area contributed by atoms with Crippen molar-refractivity contribution < 1.29 is 9.59 Å². The highest BCUT2D eigenvalue weighted by atomic mass is 35.5. The maximum Gasteiger partial charge on any atom is 0.240 e. The van der Waals surface area contributed by atoms with Crippen LogP contribution < -0.4 is 10.2 Å². The average molecular weight is 512 g/mol. The summed E-state index contributed by atoms with van der Waals surface area (Å²) in [4.78, 5) is 38.6. The molecule has 7 nitrogen and oxygen atoms in total. The molecule has 8 heteroatoms. The smallest absolute Gasteiger partial charge is 0.240 e. The molecule has 2 amide bonds. The Balaban J connectivity index is 1.57. The first-order valence-corrected chi connectivity index (χ1v) is 12.2. The predicted molar refractivity (Wildman–Crippen MR) is 149 cm³/mol. The van der Waals surface area contributed by atoms with Crippen LogP contribution in [0.15, 0.2) is 84.0 Å². The standard InChI is InChI=1S/C29H26ClN5O2/c1-34(2)17-26(36)35(3)22-11-9-21(10-12-22)32-28(19-7-6-18-5-4-14-31-24(18)15-19)27-23-13-8-20(30)16-25(23)33-29(27)37/h4-16,27H,17H2,1-3H3,(H,33,37). The Labute approximate surface area is 220 Å². The van der Waals surface area contributed by atoms with Crippen molar-refractivity contribution in [3.05, 3.63) is 95.1 Å². The molecule has 1 unspecified atom stereocenters. The number of halogens is 1. The molecule has 186 valence electrons. The zero-order valence-corrected chi connectivity index (χ0v) is 21.5. The number of hydrogen-bond acceptors (Lipinski definition) is 5. The molecule has 1 aliphatic rings. The molecule has 1 N–H and O–H groups in total. The lowest BCUT2D eigenvalue weighted by Gasteiger charge is -2.20. The molecule has 5 rings (SSSR count). The van der Waals surface area contributed by atoms with Crippen LogP contribution in [0.4, 0.5) is 17.1 Å². The van der Waals surface area contributed by atoms with E-state index in [9.17, 15) is 9.59 Å². The molecule has 0 bridgehead atoms. The summed E-state index contributed by atoms with van der Waals surface area (Å²) in [5.74, 6) is -0.788. The molecule has 2 heterocycles. The van der Waals surface area contributed by atoms with E-state index in [1.54, 1.807) is 30.3 Å². The highest BCUT2D eigenvalue weighted by Gasteiger charge is 2.35. The van der Waals surface area contributed by atoms with Gasteiger partial charge in [0, 0.05) is 35.0 Å². The number of aromatic nitrogens is 1. The Morgan fingerprint density at radius 3 is 2.57 bits per heavy atom. The predicted octanol–water partition coefficient (Wildman–Crippen LogP) is 5.27. The van der Waals surface area contributed by atoms with Gasteiger partial charge in [0.1, 0.15) is 5.92 Å². The molecule has 0 spiro atoms. The molecule has 0 radical (unpaired) electrons. The summed E-state index contributed by atoms with van der Waals surface area (Å²) in [5, 5.41) is 4.50. The van der Waals surface area contributed by atoms with Crippen molar-refractivity contribution >= 4 is 57.1 Å². The number of hydrogen-bond donors (Lipinski definition) is 1. The summed E-state index contributed by atoms with van der Waals surface area (Å²) >= 11 is 6.18. The summed E-state index contributed by atoms with van der Waals surface area (Å²) in [6.07, 6.45) is 1.75. The Hall–Kier alpha value is -4.07. The number of fused-ring (bicyclic) bond motifs is 2. The molecule has 1 atom stereocenters. The van der Waals surface area contributed by atoms with E-state index in [2.05, 4.69) is 10.3 Å². The molecular formula is C29H26ClN5O2. The van der Waals surface area contributed by atoms with E-state index in [1.807, 2.05) is 79.7 Å². The van der Waals surface area contributed by atoms with Crippen molar-refractivity contribution in [1.29, 1.82) is 0 Å². The lowest BCUT2D eigenvalue weighted by molar-refractivity contribution is -0.119. The van der Waals surface area contributed by atoms with Gasteiger partial charge in [-0.15, -0.1) is 0 Å². The zero-order chi connectivity index (χ0) is 26.1. The van der Waals surface area contributed by atoms with Gasteiger partial charge in [0.25, 0.3) is 0 Å². The maximum atomic E-state index is 13.2.